The summed E-state index contributed by atoms with van der Waals surface area (Å²) in [6.07, 6.45) is 0.223. The van der Waals surface area contributed by atoms with Crippen LogP contribution in [0, 0.1) is 11.6 Å². The first-order valence-corrected chi connectivity index (χ1v) is 5.33. The van der Waals surface area contributed by atoms with Crippen molar-refractivity contribution in [3.05, 3.63) is 35.4 Å². The minimum atomic E-state index is -1.14. The first-order valence-electron chi connectivity index (χ1n) is 5.33. The third-order valence-electron chi connectivity index (χ3n) is 2.63. The minimum Gasteiger partial charge on any atom is -0.480 e. The molecule has 0 fully saturated rings. The summed E-state index contributed by atoms with van der Waals surface area (Å²) in [5, 5.41) is 8.91. The second kappa shape index (κ2) is 5.57. The Bertz CT molecular complexity index is 476. The number of hydrogen-bond acceptors (Lipinski definition) is 2. The van der Waals surface area contributed by atoms with Crippen LogP contribution < -0.4 is 0 Å². The van der Waals surface area contributed by atoms with Crippen molar-refractivity contribution in [1.29, 1.82) is 0 Å². The number of benzene rings is 1. The van der Waals surface area contributed by atoms with E-state index < -0.39 is 29.6 Å². The molecule has 0 radical (unpaired) electrons. The fourth-order valence-corrected chi connectivity index (χ4v) is 1.59. The molecule has 4 nitrogen and oxygen atoms in total. The van der Waals surface area contributed by atoms with E-state index >= 15 is 0 Å². The molecule has 0 saturated carbocycles. The van der Waals surface area contributed by atoms with E-state index in [0.29, 0.717) is 0 Å². The highest BCUT2D eigenvalue weighted by molar-refractivity contribution is 5.96. The SMILES string of the molecule is CCC(C(=O)O)N(C)C(=O)c1ccc(F)c(F)c1. The molecule has 0 spiro atoms. The minimum absolute atomic E-state index is 0.0869. The van der Waals surface area contributed by atoms with Crippen molar-refractivity contribution in [2.24, 2.45) is 0 Å². The molecule has 98 valence electrons. The van der Waals surface area contributed by atoms with E-state index in [-0.39, 0.29) is 12.0 Å². The average Bonchev–Trinajstić information content (AvgIpc) is 2.32. The van der Waals surface area contributed by atoms with Gasteiger partial charge in [-0.2, -0.15) is 0 Å². The van der Waals surface area contributed by atoms with Gasteiger partial charge < -0.3 is 10.0 Å². The van der Waals surface area contributed by atoms with Crippen molar-refractivity contribution in [3.63, 3.8) is 0 Å². The van der Waals surface area contributed by atoms with Crippen molar-refractivity contribution in [2.75, 3.05) is 7.05 Å². The summed E-state index contributed by atoms with van der Waals surface area (Å²) in [5.74, 6) is -4.00. The van der Waals surface area contributed by atoms with Crippen LogP contribution in [-0.4, -0.2) is 35.0 Å². The molecule has 1 aromatic carbocycles. The van der Waals surface area contributed by atoms with Gasteiger partial charge in [0.2, 0.25) is 0 Å². The Hall–Kier alpha value is -1.98. The molecular formula is C12H13F2NO3. The Morgan fingerprint density at radius 3 is 2.39 bits per heavy atom. The molecule has 1 atom stereocenters. The highest BCUT2D eigenvalue weighted by atomic mass is 19.2. The maximum atomic E-state index is 13.0. The van der Waals surface area contributed by atoms with Gasteiger partial charge in [0.1, 0.15) is 6.04 Å². The third kappa shape index (κ3) is 2.82. The smallest absolute Gasteiger partial charge is 0.326 e. The Balaban J connectivity index is 2.99. The van der Waals surface area contributed by atoms with E-state index in [1.165, 1.54) is 7.05 Å². The second-order valence-corrected chi connectivity index (χ2v) is 3.81. The summed E-state index contributed by atoms with van der Waals surface area (Å²) in [4.78, 5) is 23.8. The fraction of sp³-hybridized carbons (Fsp3) is 0.333. The van der Waals surface area contributed by atoms with E-state index in [9.17, 15) is 18.4 Å². The molecule has 1 N–H and O–H groups in total. The van der Waals surface area contributed by atoms with Crippen LogP contribution in [-0.2, 0) is 4.79 Å². The number of carboxylic acids is 1. The molecule has 0 heterocycles. The average molecular weight is 257 g/mol. The van der Waals surface area contributed by atoms with Crippen molar-refractivity contribution in [1.82, 2.24) is 4.90 Å². The van der Waals surface area contributed by atoms with Crippen molar-refractivity contribution >= 4 is 11.9 Å². The van der Waals surface area contributed by atoms with Gasteiger partial charge in [0.05, 0.1) is 0 Å². The van der Waals surface area contributed by atoms with Crippen LogP contribution in [0.4, 0.5) is 8.78 Å². The van der Waals surface area contributed by atoms with E-state index in [0.717, 1.165) is 23.1 Å². The van der Waals surface area contributed by atoms with Gasteiger partial charge in [0.15, 0.2) is 11.6 Å². The largest absolute Gasteiger partial charge is 0.480 e. The molecule has 1 amide bonds. The van der Waals surface area contributed by atoms with Gasteiger partial charge in [-0.15, -0.1) is 0 Å². The zero-order valence-electron chi connectivity index (χ0n) is 9.98. The predicted molar refractivity (Wildman–Crippen MR) is 60.2 cm³/mol. The molecule has 18 heavy (non-hydrogen) atoms. The number of likely N-dealkylation sites (N-methyl/N-ethyl adjacent to an activating group) is 1. The Labute approximate surface area is 103 Å². The van der Waals surface area contributed by atoms with Crippen molar-refractivity contribution in [2.45, 2.75) is 19.4 Å². The Kier molecular flexibility index (Phi) is 4.36. The summed E-state index contributed by atoms with van der Waals surface area (Å²) in [5.41, 5.74) is -0.0869. The summed E-state index contributed by atoms with van der Waals surface area (Å²) in [6, 6.07) is 1.71. The van der Waals surface area contributed by atoms with Crippen molar-refractivity contribution < 1.29 is 23.5 Å². The molecule has 0 saturated heterocycles. The summed E-state index contributed by atoms with van der Waals surface area (Å²) >= 11 is 0. The number of nitrogens with zero attached hydrogens (tertiary/aromatic N) is 1. The lowest BCUT2D eigenvalue weighted by Gasteiger charge is -2.23. The van der Waals surface area contributed by atoms with Gasteiger partial charge in [-0.1, -0.05) is 6.92 Å². The van der Waals surface area contributed by atoms with Gasteiger partial charge in [-0.3, -0.25) is 4.79 Å². The first kappa shape index (κ1) is 14.1. The Morgan fingerprint density at radius 2 is 1.94 bits per heavy atom. The molecule has 0 bridgehead atoms. The van der Waals surface area contributed by atoms with Crippen molar-refractivity contribution in [3.8, 4) is 0 Å². The summed E-state index contributed by atoms with van der Waals surface area (Å²) in [6.45, 7) is 1.62. The number of rotatable bonds is 4. The molecule has 1 rings (SSSR count). The Morgan fingerprint density at radius 1 is 1.33 bits per heavy atom. The van der Waals surface area contributed by atoms with Gasteiger partial charge in [-0.05, 0) is 24.6 Å². The summed E-state index contributed by atoms with van der Waals surface area (Å²) < 4.78 is 25.7. The van der Waals surface area contributed by atoms with Gasteiger partial charge in [0.25, 0.3) is 5.91 Å². The van der Waals surface area contributed by atoms with Crippen LogP contribution >= 0.6 is 0 Å². The van der Waals surface area contributed by atoms with E-state index in [1.54, 1.807) is 6.92 Å². The molecular weight excluding hydrogens is 244 g/mol. The molecule has 0 aliphatic rings. The van der Waals surface area contributed by atoms with E-state index in [2.05, 4.69) is 0 Å². The topological polar surface area (TPSA) is 57.6 Å². The lowest BCUT2D eigenvalue weighted by Crippen LogP contribution is -2.42. The number of halogens is 2. The number of hydrogen-bond donors (Lipinski definition) is 1. The number of amides is 1. The number of carbonyl (C=O) groups excluding carboxylic acids is 1. The number of carbonyl (C=O) groups is 2. The lowest BCUT2D eigenvalue weighted by molar-refractivity contribution is -0.142. The fourth-order valence-electron chi connectivity index (χ4n) is 1.59. The predicted octanol–water partition coefficient (Wildman–Crippen LogP) is 1.90. The van der Waals surface area contributed by atoms with E-state index in [1.807, 2.05) is 0 Å². The maximum absolute atomic E-state index is 13.0. The standard InChI is InChI=1S/C12H13F2NO3/c1-3-10(12(17)18)15(2)11(16)7-4-5-8(13)9(14)6-7/h4-6,10H,3H2,1-2H3,(H,17,18). The zero-order valence-corrected chi connectivity index (χ0v) is 9.98. The molecule has 1 aromatic rings. The monoisotopic (exact) mass is 257 g/mol. The molecule has 1 unspecified atom stereocenters. The normalized spacial score (nSPS) is 12.0. The molecule has 0 aliphatic heterocycles. The molecule has 0 aromatic heterocycles. The second-order valence-electron chi connectivity index (χ2n) is 3.81. The first-order chi connectivity index (χ1) is 8.38. The van der Waals surface area contributed by atoms with Crippen LogP contribution in [0.15, 0.2) is 18.2 Å². The zero-order chi connectivity index (χ0) is 13.9. The molecule has 6 heteroatoms. The maximum Gasteiger partial charge on any atom is 0.326 e. The number of aliphatic carboxylic acids is 1. The van der Waals surface area contributed by atoms with Crippen LogP contribution in [0.2, 0.25) is 0 Å². The molecule has 0 aliphatic carbocycles. The van der Waals surface area contributed by atoms with E-state index in [4.69, 9.17) is 5.11 Å². The highest BCUT2D eigenvalue weighted by Crippen LogP contribution is 2.13. The number of carboxylic acid groups (broad SMARTS) is 1. The van der Waals surface area contributed by atoms with Gasteiger partial charge in [0, 0.05) is 12.6 Å². The quantitative estimate of drug-likeness (QED) is 0.896. The lowest BCUT2D eigenvalue weighted by atomic mass is 10.1. The van der Waals surface area contributed by atoms with Crippen LogP contribution in [0.25, 0.3) is 0 Å². The van der Waals surface area contributed by atoms with Crippen LogP contribution in [0.5, 0.6) is 0 Å². The van der Waals surface area contributed by atoms with Gasteiger partial charge in [-0.25, -0.2) is 13.6 Å². The van der Waals surface area contributed by atoms with Crippen LogP contribution in [0.3, 0.4) is 0 Å². The third-order valence-corrected chi connectivity index (χ3v) is 2.63. The van der Waals surface area contributed by atoms with Gasteiger partial charge >= 0.3 is 5.97 Å². The summed E-state index contributed by atoms with van der Waals surface area (Å²) in [7, 11) is 1.31. The highest BCUT2D eigenvalue weighted by Gasteiger charge is 2.25. The van der Waals surface area contributed by atoms with Crippen LogP contribution in [0.1, 0.15) is 23.7 Å².